The van der Waals surface area contributed by atoms with Crippen LogP contribution in [0.3, 0.4) is 0 Å². The van der Waals surface area contributed by atoms with Gasteiger partial charge in [-0.1, -0.05) is 6.92 Å². The monoisotopic (exact) mass is 291 g/mol. The van der Waals surface area contributed by atoms with E-state index in [0.717, 1.165) is 0 Å². The topological polar surface area (TPSA) is 102 Å². The van der Waals surface area contributed by atoms with E-state index < -0.39 is 6.09 Å². The normalized spacial score (nSPS) is 10.4. The van der Waals surface area contributed by atoms with Gasteiger partial charge in [0.1, 0.15) is 5.82 Å². The fraction of sp³-hybridized carbons (Fsp3) is 0.385. The summed E-state index contributed by atoms with van der Waals surface area (Å²) in [6.45, 7) is 5.65. The lowest BCUT2D eigenvalue weighted by Gasteiger charge is -2.08. The number of hydrogen-bond acceptors (Lipinski definition) is 5. The lowest BCUT2D eigenvalue weighted by molar-refractivity contribution is 0.167. The largest absolute Gasteiger partial charge is 0.450 e. The Bertz CT molecular complexity index is 704. The number of hydrogen-bond donors (Lipinski definition) is 2. The zero-order valence-corrected chi connectivity index (χ0v) is 12.1. The number of ether oxygens (including phenoxy) is 1. The number of carbonyl (C=O) groups is 1. The van der Waals surface area contributed by atoms with E-state index in [0.29, 0.717) is 23.6 Å². The van der Waals surface area contributed by atoms with E-state index in [1.54, 1.807) is 19.9 Å². The van der Waals surface area contributed by atoms with Crippen LogP contribution in [0.25, 0.3) is 5.95 Å². The first-order chi connectivity index (χ1) is 10.0. The number of aromatic nitrogens is 4. The zero-order valence-electron chi connectivity index (χ0n) is 12.1. The maximum absolute atomic E-state index is 11.6. The predicted molar refractivity (Wildman–Crippen MR) is 76.7 cm³/mol. The van der Waals surface area contributed by atoms with Gasteiger partial charge >= 0.3 is 6.09 Å². The molecule has 2 N–H and O–H groups in total. The van der Waals surface area contributed by atoms with Crippen molar-refractivity contribution in [2.24, 2.45) is 0 Å². The van der Waals surface area contributed by atoms with Crippen LogP contribution in [-0.2, 0) is 11.2 Å². The maximum atomic E-state index is 11.6. The van der Waals surface area contributed by atoms with Gasteiger partial charge < -0.3 is 4.74 Å². The molecule has 0 spiro atoms. The molecule has 0 saturated heterocycles. The second kappa shape index (κ2) is 6.21. The van der Waals surface area contributed by atoms with Crippen molar-refractivity contribution in [3.63, 3.8) is 0 Å². The highest BCUT2D eigenvalue weighted by Crippen LogP contribution is 2.14. The molecule has 0 aromatic carbocycles. The van der Waals surface area contributed by atoms with Crippen molar-refractivity contribution in [3.8, 4) is 5.95 Å². The molecule has 8 nitrogen and oxygen atoms in total. The molecule has 2 aromatic rings. The van der Waals surface area contributed by atoms with Gasteiger partial charge in [-0.2, -0.15) is 9.78 Å². The summed E-state index contributed by atoms with van der Waals surface area (Å²) >= 11 is 0. The second-order valence-corrected chi connectivity index (χ2v) is 4.34. The molecule has 0 radical (unpaired) electrons. The van der Waals surface area contributed by atoms with Gasteiger partial charge in [0.25, 0.3) is 5.56 Å². The molecule has 0 unspecified atom stereocenters. The fourth-order valence-electron chi connectivity index (χ4n) is 1.80. The summed E-state index contributed by atoms with van der Waals surface area (Å²) in [6.07, 6.45) is 0.0327. The van der Waals surface area contributed by atoms with Gasteiger partial charge in [0, 0.05) is 17.8 Å². The van der Waals surface area contributed by atoms with Crippen LogP contribution in [0.5, 0.6) is 0 Å². The fourth-order valence-corrected chi connectivity index (χ4v) is 1.80. The van der Waals surface area contributed by atoms with Crippen molar-refractivity contribution < 1.29 is 9.53 Å². The molecule has 0 fully saturated rings. The van der Waals surface area contributed by atoms with Crippen molar-refractivity contribution in [1.29, 1.82) is 0 Å². The molecule has 0 aliphatic rings. The quantitative estimate of drug-likeness (QED) is 0.886. The Morgan fingerprint density at radius 2 is 2.19 bits per heavy atom. The van der Waals surface area contributed by atoms with E-state index in [9.17, 15) is 9.59 Å². The number of nitrogens with one attached hydrogen (secondary N) is 2. The summed E-state index contributed by atoms with van der Waals surface area (Å²) in [6, 6.07) is 3.09. The molecule has 0 atom stereocenters. The molecule has 2 aromatic heterocycles. The molecule has 8 heteroatoms. The van der Waals surface area contributed by atoms with Gasteiger partial charge in [0.2, 0.25) is 5.95 Å². The van der Waals surface area contributed by atoms with Crippen LogP contribution in [0, 0.1) is 6.92 Å². The average molecular weight is 291 g/mol. The van der Waals surface area contributed by atoms with Crippen LogP contribution in [0.15, 0.2) is 16.9 Å². The standard InChI is InChI=1S/C13H17N5O3/c1-4-9-7-11(19)16-12(14-9)18-10(6-8(3)17-18)15-13(20)21-5-2/h6-7H,4-5H2,1-3H3,(H,15,20)(H,14,16,19). The van der Waals surface area contributed by atoms with E-state index in [2.05, 4.69) is 20.4 Å². The number of carbonyl (C=O) groups excluding carboxylic acids is 1. The molecular weight excluding hydrogens is 274 g/mol. The molecule has 21 heavy (non-hydrogen) atoms. The number of nitrogens with zero attached hydrogens (tertiary/aromatic N) is 3. The van der Waals surface area contributed by atoms with Crippen LogP contribution < -0.4 is 10.9 Å². The lowest BCUT2D eigenvalue weighted by atomic mass is 10.3. The lowest BCUT2D eigenvalue weighted by Crippen LogP contribution is -2.19. The summed E-state index contributed by atoms with van der Waals surface area (Å²) in [7, 11) is 0. The van der Waals surface area contributed by atoms with Gasteiger partial charge in [-0.15, -0.1) is 0 Å². The Morgan fingerprint density at radius 1 is 1.43 bits per heavy atom. The molecular formula is C13H17N5O3. The highest BCUT2D eigenvalue weighted by atomic mass is 16.5. The summed E-state index contributed by atoms with van der Waals surface area (Å²) in [5.74, 6) is 0.626. The third kappa shape index (κ3) is 3.47. The van der Waals surface area contributed by atoms with Crippen molar-refractivity contribution in [2.75, 3.05) is 11.9 Å². The minimum atomic E-state index is -0.590. The van der Waals surface area contributed by atoms with E-state index in [4.69, 9.17) is 4.74 Å². The Morgan fingerprint density at radius 3 is 2.86 bits per heavy atom. The third-order valence-corrected chi connectivity index (χ3v) is 2.68. The SMILES string of the molecule is CCOC(=O)Nc1cc(C)nn1-c1nc(CC)cc(=O)[nH]1. The summed E-state index contributed by atoms with van der Waals surface area (Å²) in [5, 5.41) is 6.79. The minimum absolute atomic E-state index is 0.249. The van der Waals surface area contributed by atoms with Gasteiger partial charge in [-0.05, 0) is 20.3 Å². The van der Waals surface area contributed by atoms with E-state index in [1.165, 1.54) is 10.7 Å². The molecule has 0 aliphatic carbocycles. The van der Waals surface area contributed by atoms with Crippen molar-refractivity contribution in [3.05, 3.63) is 33.9 Å². The Hall–Kier alpha value is -2.64. The number of anilines is 1. The van der Waals surface area contributed by atoms with Gasteiger partial charge in [-0.25, -0.2) is 9.78 Å². The Balaban J connectivity index is 2.42. The van der Waals surface area contributed by atoms with Crippen LogP contribution in [-0.4, -0.2) is 32.4 Å². The van der Waals surface area contributed by atoms with Gasteiger partial charge in [-0.3, -0.25) is 15.1 Å². The highest BCUT2D eigenvalue weighted by Gasteiger charge is 2.13. The highest BCUT2D eigenvalue weighted by molar-refractivity contribution is 5.83. The van der Waals surface area contributed by atoms with Crippen LogP contribution >= 0.6 is 0 Å². The predicted octanol–water partition coefficient (Wildman–Crippen LogP) is 1.39. The molecule has 112 valence electrons. The number of rotatable bonds is 4. The van der Waals surface area contributed by atoms with E-state index >= 15 is 0 Å². The molecule has 0 bridgehead atoms. The first kappa shape index (κ1) is 14.8. The van der Waals surface area contributed by atoms with Crippen LogP contribution in [0.2, 0.25) is 0 Å². The molecule has 0 saturated carbocycles. The summed E-state index contributed by atoms with van der Waals surface area (Å²) in [5.41, 5.74) is 1.04. The zero-order chi connectivity index (χ0) is 15.4. The Labute approximate surface area is 121 Å². The van der Waals surface area contributed by atoms with Gasteiger partial charge in [0.05, 0.1) is 12.3 Å². The van der Waals surface area contributed by atoms with Crippen molar-refractivity contribution in [2.45, 2.75) is 27.2 Å². The number of aryl methyl sites for hydroxylation is 2. The average Bonchev–Trinajstić information content (AvgIpc) is 2.79. The molecule has 1 amide bonds. The summed E-state index contributed by atoms with van der Waals surface area (Å²) in [4.78, 5) is 30.1. The van der Waals surface area contributed by atoms with Crippen molar-refractivity contribution >= 4 is 11.9 Å². The van der Waals surface area contributed by atoms with E-state index in [-0.39, 0.29) is 18.1 Å². The molecule has 2 heterocycles. The first-order valence-electron chi connectivity index (χ1n) is 6.64. The third-order valence-electron chi connectivity index (χ3n) is 2.68. The number of aromatic amines is 1. The smallest absolute Gasteiger partial charge is 0.412 e. The molecule has 0 aliphatic heterocycles. The van der Waals surface area contributed by atoms with Crippen molar-refractivity contribution in [1.82, 2.24) is 19.7 Å². The van der Waals surface area contributed by atoms with Gasteiger partial charge in [0.15, 0.2) is 0 Å². The molecule has 2 rings (SSSR count). The number of amides is 1. The maximum Gasteiger partial charge on any atom is 0.412 e. The number of H-pyrrole nitrogens is 1. The first-order valence-corrected chi connectivity index (χ1v) is 6.64. The van der Waals surface area contributed by atoms with Crippen LogP contribution in [0.4, 0.5) is 10.6 Å². The van der Waals surface area contributed by atoms with Crippen LogP contribution in [0.1, 0.15) is 25.2 Å². The Kier molecular flexibility index (Phi) is 4.36. The minimum Gasteiger partial charge on any atom is -0.450 e. The summed E-state index contributed by atoms with van der Waals surface area (Å²) < 4.78 is 6.20. The second-order valence-electron chi connectivity index (χ2n) is 4.34. The van der Waals surface area contributed by atoms with E-state index in [1.807, 2.05) is 6.92 Å².